The number of aromatic amines is 1. The summed E-state index contributed by atoms with van der Waals surface area (Å²) in [7, 11) is 0. The molecule has 0 amide bonds. The van der Waals surface area contributed by atoms with Gasteiger partial charge >= 0.3 is 5.63 Å². The zero-order valence-electron chi connectivity index (χ0n) is 9.53. The summed E-state index contributed by atoms with van der Waals surface area (Å²) in [4.78, 5) is 15.8. The molecule has 0 spiro atoms. The number of benzene rings is 1. The van der Waals surface area contributed by atoms with Crippen LogP contribution in [0.25, 0.3) is 11.6 Å². The molecule has 4 nitrogen and oxygen atoms in total. The van der Waals surface area contributed by atoms with Gasteiger partial charge in [0, 0.05) is 11.1 Å². The van der Waals surface area contributed by atoms with Gasteiger partial charge in [0.2, 0.25) is 0 Å². The number of aryl methyl sites for hydroxylation is 1. The Morgan fingerprint density at radius 1 is 1.39 bits per heavy atom. The third-order valence-electron chi connectivity index (χ3n) is 2.84. The van der Waals surface area contributed by atoms with Gasteiger partial charge in [-0.3, -0.25) is 0 Å². The molecule has 0 aliphatic carbocycles. The second kappa shape index (κ2) is 3.99. The van der Waals surface area contributed by atoms with E-state index in [1.807, 2.05) is 24.3 Å². The first kappa shape index (κ1) is 11.0. The molecule has 1 aromatic heterocycles. The third-order valence-corrected chi connectivity index (χ3v) is 3.13. The van der Waals surface area contributed by atoms with Crippen molar-refractivity contribution in [3.8, 4) is 0 Å². The molecule has 18 heavy (non-hydrogen) atoms. The lowest BCUT2D eigenvalue weighted by Crippen LogP contribution is -1.98. The fourth-order valence-electron chi connectivity index (χ4n) is 1.91. The van der Waals surface area contributed by atoms with Crippen molar-refractivity contribution in [2.24, 2.45) is 4.99 Å². The van der Waals surface area contributed by atoms with Crippen molar-refractivity contribution in [3.63, 3.8) is 0 Å². The second-order valence-electron chi connectivity index (χ2n) is 4.01. The largest absolute Gasteiger partial charge is 0.364 e. The highest BCUT2D eigenvalue weighted by molar-refractivity contribution is 6.78. The minimum Gasteiger partial charge on any atom is -0.338 e. The zero-order chi connectivity index (χ0) is 12.7. The molecule has 2 heterocycles. The number of nitrogens with one attached hydrogen (secondary N) is 1. The molecular formula is C13H9ClN2O2. The molecule has 3 rings (SSSR count). The molecule has 0 radical (unpaired) electrons. The summed E-state index contributed by atoms with van der Waals surface area (Å²) in [5.41, 5.74) is 3.20. The molecule has 90 valence electrons. The number of aliphatic imine (C=N–C) groups is 1. The summed E-state index contributed by atoms with van der Waals surface area (Å²) in [6.45, 7) is 1.77. The molecule has 0 saturated heterocycles. The van der Waals surface area contributed by atoms with Crippen LogP contribution in [0.1, 0.15) is 16.8 Å². The van der Waals surface area contributed by atoms with Crippen LogP contribution in [0.15, 0.2) is 38.6 Å². The van der Waals surface area contributed by atoms with E-state index < -0.39 is 5.63 Å². The van der Waals surface area contributed by atoms with Crippen molar-refractivity contribution in [1.82, 2.24) is 5.16 Å². The van der Waals surface area contributed by atoms with Gasteiger partial charge in [-0.2, -0.15) is 0 Å². The van der Waals surface area contributed by atoms with E-state index in [0.29, 0.717) is 16.4 Å². The first-order valence-corrected chi connectivity index (χ1v) is 5.78. The van der Waals surface area contributed by atoms with E-state index in [0.717, 1.165) is 16.8 Å². The molecule has 1 aromatic carbocycles. The molecule has 0 atom stereocenters. The van der Waals surface area contributed by atoms with Crippen molar-refractivity contribution >= 4 is 34.1 Å². The van der Waals surface area contributed by atoms with Crippen LogP contribution in [0.2, 0.25) is 0 Å². The first-order chi connectivity index (χ1) is 8.66. The summed E-state index contributed by atoms with van der Waals surface area (Å²) in [5, 5.41) is 2.92. The molecule has 2 aromatic rings. The maximum absolute atomic E-state index is 11.5. The topological polar surface area (TPSA) is 58.4 Å². The highest BCUT2D eigenvalue weighted by Gasteiger charge is 2.20. The Kier molecular flexibility index (Phi) is 2.45. The van der Waals surface area contributed by atoms with Crippen LogP contribution in [0.5, 0.6) is 0 Å². The van der Waals surface area contributed by atoms with Crippen LogP contribution in [-0.2, 0) is 0 Å². The predicted molar refractivity (Wildman–Crippen MR) is 71.3 cm³/mol. The van der Waals surface area contributed by atoms with Gasteiger partial charge in [0.05, 0.1) is 16.9 Å². The lowest BCUT2D eigenvalue weighted by atomic mass is 10.0. The van der Waals surface area contributed by atoms with Crippen molar-refractivity contribution in [1.29, 1.82) is 0 Å². The Labute approximate surface area is 108 Å². The molecule has 0 unspecified atom stereocenters. The van der Waals surface area contributed by atoms with Crippen molar-refractivity contribution < 1.29 is 4.52 Å². The number of rotatable bonds is 1. The molecule has 1 N–H and O–H groups in total. The maximum Gasteiger partial charge on any atom is 0.364 e. The Morgan fingerprint density at radius 2 is 2.17 bits per heavy atom. The number of allylic oxidation sites excluding steroid dienone is 1. The summed E-state index contributed by atoms with van der Waals surface area (Å²) >= 11 is 6.10. The van der Waals surface area contributed by atoms with E-state index in [-0.39, 0.29) is 0 Å². The molecule has 1 aliphatic rings. The first-order valence-electron chi connectivity index (χ1n) is 5.40. The third kappa shape index (κ3) is 1.62. The van der Waals surface area contributed by atoms with Crippen LogP contribution >= 0.6 is 11.6 Å². The maximum atomic E-state index is 11.5. The number of H-pyrrole nitrogens is 1. The van der Waals surface area contributed by atoms with E-state index in [4.69, 9.17) is 16.1 Å². The zero-order valence-corrected chi connectivity index (χ0v) is 10.3. The average Bonchev–Trinajstić information content (AvgIpc) is 2.84. The highest BCUT2D eigenvalue weighted by atomic mass is 35.5. The molecule has 0 saturated carbocycles. The van der Waals surface area contributed by atoms with Gasteiger partial charge in [-0.15, -0.1) is 0 Å². The minimum absolute atomic E-state index is 0.385. The monoisotopic (exact) mass is 260 g/mol. The minimum atomic E-state index is -0.408. The van der Waals surface area contributed by atoms with Crippen molar-refractivity contribution in [3.05, 3.63) is 51.5 Å². The van der Waals surface area contributed by atoms with Crippen molar-refractivity contribution in [2.45, 2.75) is 6.92 Å². The van der Waals surface area contributed by atoms with Gasteiger partial charge < -0.3 is 4.52 Å². The summed E-state index contributed by atoms with van der Waals surface area (Å²) in [5.74, 6) is 0. The average molecular weight is 261 g/mol. The van der Waals surface area contributed by atoms with E-state index in [1.54, 1.807) is 13.0 Å². The normalized spacial score (nSPS) is 15.9. The van der Waals surface area contributed by atoms with E-state index >= 15 is 0 Å². The van der Waals surface area contributed by atoms with Crippen LogP contribution in [0.4, 0.5) is 5.69 Å². The van der Waals surface area contributed by atoms with Gasteiger partial charge in [0.15, 0.2) is 0 Å². The van der Waals surface area contributed by atoms with Crippen LogP contribution in [0.3, 0.4) is 0 Å². The van der Waals surface area contributed by atoms with Crippen LogP contribution in [0, 0.1) is 6.92 Å². The summed E-state index contributed by atoms with van der Waals surface area (Å²) in [6.07, 6.45) is 1.70. The van der Waals surface area contributed by atoms with Gasteiger partial charge in [-0.25, -0.2) is 14.9 Å². The quantitative estimate of drug-likeness (QED) is 0.856. The number of fused-ring (bicyclic) bond motifs is 1. The Balaban J connectivity index is 2.20. The standard InChI is InChI=1S/C13H9ClN2O2/c1-7-9(13(17)18-16-7)6-10-8-4-2-3-5-11(8)15-12(10)14/h2-6,16H,1H3/b10-6-. The lowest BCUT2D eigenvalue weighted by molar-refractivity contribution is 0.387. The summed E-state index contributed by atoms with van der Waals surface area (Å²) < 4.78 is 4.72. The van der Waals surface area contributed by atoms with Crippen LogP contribution < -0.4 is 5.63 Å². The summed E-state index contributed by atoms with van der Waals surface area (Å²) in [6, 6.07) is 7.60. The number of hydrogen-bond donors (Lipinski definition) is 1. The van der Waals surface area contributed by atoms with E-state index in [2.05, 4.69) is 10.1 Å². The number of hydrogen-bond acceptors (Lipinski definition) is 3. The second-order valence-corrected chi connectivity index (χ2v) is 4.37. The number of aromatic nitrogens is 1. The molecule has 1 aliphatic heterocycles. The van der Waals surface area contributed by atoms with Gasteiger partial charge in [-0.1, -0.05) is 29.8 Å². The highest BCUT2D eigenvalue weighted by Crippen LogP contribution is 2.36. The molecular weight excluding hydrogens is 252 g/mol. The lowest BCUT2D eigenvalue weighted by Gasteiger charge is -1.99. The van der Waals surface area contributed by atoms with Gasteiger partial charge in [0.25, 0.3) is 0 Å². The number of para-hydroxylation sites is 1. The van der Waals surface area contributed by atoms with E-state index in [1.165, 1.54) is 0 Å². The van der Waals surface area contributed by atoms with E-state index in [9.17, 15) is 4.79 Å². The predicted octanol–water partition coefficient (Wildman–Crippen LogP) is 3.10. The fraction of sp³-hybridized carbons (Fsp3) is 0.0769. The molecule has 0 fully saturated rings. The van der Waals surface area contributed by atoms with Crippen molar-refractivity contribution in [2.75, 3.05) is 0 Å². The Morgan fingerprint density at radius 3 is 2.89 bits per heavy atom. The SMILES string of the molecule is Cc1[nH]oc(=O)c1/C=C1\C(Cl)=Nc2ccccc21. The Hall–Kier alpha value is -2.07. The molecule has 0 bridgehead atoms. The fourth-order valence-corrected chi connectivity index (χ4v) is 2.16. The van der Waals surface area contributed by atoms with Gasteiger partial charge in [0.1, 0.15) is 5.17 Å². The number of halogens is 1. The van der Waals surface area contributed by atoms with Crippen LogP contribution in [-0.4, -0.2) is 10.3 Å². The van der Waals surface area contributed by atoms with Gasteiger partial charge in [-0.05, 0) is 19.1 Å². The number of nitrogens with zero attached hydrogens (tertiary/aromatic N) is 1. The smallest absolute Gasteiger partial charge is 0.338 e. The Bertz CT molecular complexity index is 737. The molecule has 5 heteroatoms.